The monoisotopic (exact) mass is 475 g/mol. The number of hydrogen-bond donors (Lipinski definition) is 3. The number of rotatable bonds is 7. The van der Waals surface area contributed by atoms with Crippen LogP contribution in [0.4, 0.5) is 41.7 Å². The van der Waals surface area contributed by atoms with E-state index in [1.807, 2.05) is 18.2 Å². The lowest BCUT2D eigenvalue weighted by Gasteiger charge is -2.29. The molecule has 1 aliphatic heterocycles. The molecular formula is C23H26F3N6O2+. The predicted molar refractivity (Wildman–Crippen MR) is 124 cm³/mol. The van der Waals surface area contributed by atoms with Crippen molar-refractivity contribution in [3.05, 3.63) is 60.6 Å². The summed E-state index contributed by atoms with van der Waals surface area (Å²) in [5.41, 5.74) is 3.95. The van der Waals surface area contributed by atoms with Gasteiger partial charge >= 0.3 is 6.18 Å². The molecule has 2 aromatic heterocycles. The first-order chi connectivity index (χ1) is 16.4. The average molecular weight is 475 g/mol. The maximum Gasteiger partial charge on any atom is 0.419 e. The summed E-state index contributed by atoms with van der Waals surface area (Å²) in [4.78, 5) is 6.18. The first kappa shape index (κ1) is 23.4. The summed E-state index contributed by atoms with van der Waals surface area (Å²) in [6.45, 7) is 2.86. The molecule has 0 bridgehead atoms. The van der Waals surface area contributed by atoms with Crippen molar-refractivity contribution in [1.82, 2.24) is 4.98 Å². The van der Waals surface area contributed by atoms with Crippen molar-refractivity contribution in [3.63, 3.8) is 0 Å². The zero-order valence-corrected chi connectivity index (χ0v) is 18.8. The van der Waals surface area contributed by atoms with E-state index in [4.69, 9.17) is 9.47 Å². The molecule has 1 aliphatic rings. The maximum absolute atomic E-state index is 13.6. The molecule has 3 aromatic rings. The molecule has 1 saturated heterocycles. The molecule has 3 N–H and O–H groups in total. The van der Waals surface area contributed by atoms with E-state index in [0.29, 0.717) is 30.3 Å². The van der Waals surface area contributed by atoms with Gasteiger partial charge in [-0.2, -0.15) is 18.6 Å². The number of methoxy groups -OCH3 is 1. The average Bonchev–Trinajstić information content (AvgIpc) is 2.84. The van der Waals surface area contributed by atoms with E-state index in [1.165, 1.54) is 6.07 Å². The van der Waals surface area contributed by atoms with E-state index in [9.17, 15) is 13.2 Å². The van der Waals surface area contributed by atoms with Crippen LogP contribution in [-0.2, 0) is 10.9 Å². The minimum Gasteiger partial charge on any atom is -0.494 e. The Morgan fingerprint density at radius 2 is 1.88 bits per heavy atom. The number of nitrogens with one attached hydrogen (secondary N) is 3. The normalized spacial score (nSPS) is 14.0. The van der Waals surface area contributed by atoms with Crippen molar-refractivity contribution >= 4 is 28.6 Å². The zero-order valence-electron chi connectivity index (χ0n) is 18.8. The molecule has 0 saturated carbocycles. The molecular weight excluding hydrogens is 449 g/mol. The van der Waals surface area contributed by atoms with Crippen LogP contribution in [-0.4, -0.2) is 45.4 Å². The Labute approximate surface area is 195 Å². The van der Waals surface area contributed by atoms with Crippen LogP contribution in [0, 0.1) is 0 Å². The Kier molecular flexibility index (Phi) is 6.92. The van der Waals surface area contributed by atoms with Crippen LogP contribution in [0.5, 0.6) is 5.75 Å². The van der Waals surface area contributed by atoms with Crippen LogP contribution in [0.15, 0.2) is 55.0 Å². The topological polar surface area (TPSA) is 74.6 Å². The quantitative estimate of drug-likeness (QED) is 0.448. The fraction of sp³-hybridized carbons (Fsp3) is 0.304. The fourth-order valence-corrected chi connectivity index (χ4v) is 3.64. The van der Waals surface area contributed by atoms with Crippen LogP contribution in [0.3, 0.4) is 0 Å². The largest absolute Gasteiger partial charge is 0.494 e. The highest BCUT2D eigenvalue weighted by molar-refractivity contribution is 5.72. The fourth-order valence-electron chi connectivity index (χ4n) is 3.64. The predicted octanol–water partition coefficient (Wildman–Crippen LogP) is 3.89. The number of ether oxygens (including phenoxy) is 2. The van der Waals surface area contributed by atoms with Gasteiger partial charge in [0.2, 0.25) is 6.20 Å². The molecule has 4 rings (SSSR count). The number of morpholine rings is 1. The SMILES string of the molecule is CN[n+]1cccc(Nc2cc(Nc3ccc(N4CCOCC4)cc3OC)ncc2C(F)(F)F)c1. The molecule has 0 radical (unpaired) electrons. The second-order valence-corrected chi connectivity index (χ2v) is 7.57. The Morgan fingerprint density at radius 1 is 1.09 bits per heavy atom. The summed E-state index contributed by atoms with van der Waals surface area (Å²) in [5.74, 6) is 0.795. The summed E-state index contributed by atoms with van der Waals surface area (Å²) < 4.78 is 53.5. The van der Waals surface area contributed by atoms with Gasteiger partial charge in [0.1, 0.15) is 17.3 Å². The Bertz CT molecular complexity index is 1140. The third-order valence-electron chi connectivity index (χ3n) is 5.37. The van der Waals surface area contributed by atoms with Crippen LogP contribution in [0.25, 0.3) is 0 Å². The molecule has 0 aliphatic carbocycles. The number of anilines is 5. The van der Waals surface area contributed by atoms with Gasteiger partial charge in [-0.1, -0.05) is 4.68 Å². The number of alkyl halides is 3. The number of nitrogens with zero attached hydrogens (tertiary/aromatic N) is 3. The number of pyridine rings is 2. The third kappa shape index (κ3) is 5.42. The van der Waals surface area contributed by atoms with E-state index < -0.39 is 11.7 Å². The molecule has 3 heterocycles. The van der Waals surface area contributed by atoms with Crippen molar-refractivity contribution in [2.45, 2.75) is 6.18 Å². The van der Waals surface area contributed by atoms with Crippen LogP contribution in [0.1, 0.15) is 5.56 Å². The summed E-state index contributed by atoms with van der Waals surface area (Å²) in [7, 11) is 3.25. The van der Waals surface area contributed by atoms with Gasteiger partial charge in [-0.3, -0.25) is 0 Å². The molecule has 11 heteroatoms. The molecule has 1 fully saturated rings. The highest BCUT2D eigenvalue weighted by Gasteiger charge is 2.34. The van der Waals surface area contributed by atoms with Crippen molar-refractivity contribution in [1.29, 1.82) is 0 Å². The molecule has 0 spiro atoms. The minimum absolute atomic E-state index is 0.122. The van der Waals surface area contributed by atoms with E-state index >= 15 is 0 Å². The second kappa shape index (κ2) is 10.0. The van der Waals surface area contributed by atoms with Gasteiger partial charge in [-0.05, 0) is 18.2 Å². The van der Waals surface area contributed by atoms with Gasteiger partial charge in [-0.25, -0.2) is 4.98 Å². The number of hydrogen-bond acceptors (Lipinski definition) is 7. The lowest BCUT2D eigenvalue weighted by atomic mass is 10.2. The first-order valence-electron chi connectivity index (χ1n) is 10.7. The molecule has 0 amide bonds. The van der Waals surface area contributed by atoms with E-state index in [0.717, 1.165) is 25.0 Å². The molecule has 180 valence electrons. The molecule has 8 nitrogen and oxygen atoms in total. The van der Waals surface area contributed by atoms with E-state index in [2.05, 4.69) is 25.9 Å². The van der Waals surface area contributed by atoms with Gasteiger partial charge in [-0.15, -0.1) is 0 Å². The van der Waals surface area contributed by atoms with E-state index in [-0.39, 0.29) is 11.5 Å². The van der Waals surface area contributed by atoms with Crippen LogP contribution >= 0.6 is 0 Å². The van der Waals surface area contributed by atoms with Crippen molar-refractivity contribution < 1.29 is 27.3 Å². The highest BCUT2D eigenvalue weighted by atomic mass is 19.4. The van der Waals surface area contributed by atoms with Crippen molar-refractivity contribution in [3.8, 4) is 5.75 Å². The van der Waals surface area contributed by atoms with Gasteiger partial charge < -0.3 is 25.0 Å². The Hall–Kier alpha value is -3.73. The highest BCUT2D eigenvalue weighted by Crippen LogP contribution is 2.38. The number of halogens is 3. The summed E-state index contributed by atoms with van der Waals surface area (Å²) in [5, 5.41) is 5.93. The second-order valence-electron chi connectivity index (χ2n) is 7.57. The first-order valence-corrected chi connectivity index (χ1v) is 10.7. The number of aromatic nitrogens is 2. The molecule has 1 aromatic carbocycles. The number of benzene rings is 1. The van der Waals surface area contributed by atoms with Gasteiger partial charge in [0.05, 0.1) is 44.3 Å². The lowest BCUT2D eigenvalue weighted by molar-refractivity contribution is -0.646. The van der Waals surface area contributed by atoms with Gasteiger partial charge in [0.15, 0.2) is 6.20 Å². The van der Waals surface area contributed by atoms with Crippen LogP contribution < -0.4 is 30.4 Å². The molecule has 0 atom stereocenters. The van der Waals surface area contributed by atoms with E-state index in [1.54, 1.807) is 43.4 Å². The summed E-state index contributed by atoms with van der Waals surface area (Å²) in [6, 6.07) is 10.4. The van der Waals surface area contributed by atoms with Crippen LogP contribution in [0.2, 0.25) is 0 Å². The summed E-state index contributed by atoms with van der Waals surface area (Å²) in [6.07, 6.45) is -0.378. The third-order valence-corrected chi connectivity index (χ3v) is 5.37. The molecule has 0 unspecified atom stereocenters. The molecule has 34 heavy (non-hydrogen) atoms. The van der Waals surface area contributed by atoms with Gasteiger partial charge in [0, 0.05) is 43.2 Å². The summed E-state index contributed by atoms with van der Waals surface area (Å²) >= 11 is 0. The zero-order chi connectivity index (χ0) is 24.1. The van der Waals surface area contributed by atoms with Crippen molar-refractivity contribution in [2.24, 2.45) is 0 Å². The minimum atomic E-state index is -4.57. The smallest absolute Gasteiger partial charge is 0.419 e. The maximum atomic E-state index is 13.6. The lowest BCUT2D eigenvalue weighted by Crippen LogP contribution is -2.41. The van der Waals surface area contributed by atoms with Gasteiger partial charge in [0.25, 0.3) is 0 Å². The van der Waals surface area contributed by atoms with Crippen molar-refractivity contribution in [2.75, 3.05) is 61.4 Å². The Balaban J connectivity index is 1.62. The Morgan fingerprint density at radius 3 is 2.59 bits per heavy atom. The standard InChI is InChI=1S/C23H26F3N6O2/c1-27-32-7-3-4-16(15-32)29-20-13-22(28-14-18(20)23(24,25)26)30-19-6-5-17(12-21(19)33-2)31-8-10-34-11-9-31/h3-7,12-15,27H,8-11H2,1-2H3,(H2,28,29,30)/q+1.